The molecule has 0 N–H and O–H groups in total. The van der Waals surface area contributed by atoms with Gasteiger partial charge < -0.3 is 0 Å². The van der Waals surface area contributed by atoms with E-state index in [9.17, 15) is 0 Å². The minimum absolute atomic E-state index is 0.874. The number of halogens is 1. The van der Waals surface area contributed by atoms with Crippen LogP contribution in [0, 0.1) is 6.92 Å². The average molecular weight is 155 g/mol. The van der Waals surface area contributed by atoms with Gasteiger partial charge in [0, 0.05) is 5.02 Å². The van der Waals surface area contributed by atoms with Crippen molar-refractivity contribution >= 4 is 11.6 Å². The van der Waals surface area contributed by atoms with Gasteiger partial charge in [0.2, 0.25) is 0 Å². The van der Waals surface area contributed by atoms with E-state index in [1.807, 2.05) is 12.1 Å². The second-order valence-corrected chi connectivity index (χ2v) is 2.78. The minimum atomic E-state index is 0.874. The van der Waals surface area contributed by atoms with Crippen LogP contribution in [0.3, 0.4) is 0 Å². The maximum absolute atomic E-state index is 5.89. The Morgan fingerprint density at radius 1 is 1.40 bits per heavy atom. The van der Waals surface area contributed by atoms with Gasteiger partial charge in [0.25, 0.3) is 0 Å². The predicted molar refractivity (Wildman–Crippen MR) is 45.6 cm³/mol. The fourth-order valence-corrected chi connectivity index (χ4v) is 1.23. The molecule has 0 spiro atoms. The molecule has 1 rings (SSSR count). The third-order valence-corrected chi connectivity index (χ3v) is 2.17. The molecular formula is C9H11Cl. The summed E-state index contributed by atoms with van der Waals surface area (Å²) in [6, 6.07) is 6.03. The lowest BCUT2D eigenvalue weighted by molar-refractivity contribution is 1.11. The van der Waals surface area contributed by atoms with Gasteiger partial charge in [-0.1, -0.05) is 30.7 Å². The number of hydrogen-bond donors (Lipinski definition) is 0. The molecule has 54 valence electrons. The Bertz CT molecular complexity index is 228. The Hall–Kier alpha value is -0.490. The van der Waals surface area contributed by atoms with E-state index < -0.39 is 0 Å². The first-order valence-corrected chi connectivity index (χ1v) is 3.87. The van der Waals surface area contributed by atoms with Crippen molar-refractivity contribution in [3.8, 4) is 0 Å². The molecule has 0 unspecified atom stereocenters. The first-order chi connectivity index (χ1) is 4.75. The summed E-state index contributed by atoms with van der Waals surface area (Å²) < 4.78 is 0. The summed E-state index contributed by atoms with van der Waals surface area (Å²) in [5.74, 6) is 0. The van der Waals surface area contributed by atoms with Crippen molar-refractivity contribution in [3.05, 3.63) is 34.3 Å². The van der Waals surface area contributed by atoms with Gasteiger partial charge in [-0.2, -0.15) is 0 Å². The lowest BCUT2D eigenvalue weighted by atomic mass is 10.1. The summed E-state index contributed by atoms with van der Waals surface area (Å²) in [6.07, 6.45) is 1.06. The quantitative estimate of drug-likeness (QED) is 0.583. The molecule has 1 aromatic rings. The van der Waals surface area contributed by atoms with Crippen LogP contribution >= 0.6 is 11.6 Å². The number of rotatable bonds is 1. The van der Waals surface area contributed by atoms with E-state index in [-0.39, 0.29) is 0 Å². The lowest BCUT2D eigenvalue weighted by Crippen LogP contribution is -1.85. The van der Waals surface area contributed by atoms with Gasteiger partial charge in [0.15, 0.2) is 0 Å². The molecule has 0 bridgehead atoms. The highest BCUT2D eigenvalue weighted by molar-refractivity contribution is 6.31. The van der Waals surface area contributed by atoms with Gasteiger partial charge in [-0.25, -0.2) is 0 Å². The highest BCUT2D eigenvalue weighted by Gasteiger charge is 1.97. The molecule has 0 nitrogen and oxygen atoms in total. The molecule has 0 saturated carbocycles. The van der Waals surface area contributed by atoms with Crippen LogP contribution in [0.15, 0.2) is 18.2 Å². The van der Waals surface area contributed by atoms with Gasteiger partial charge in [0.1, 0.15) is 0 Å². The summed E-state index contributed by atoms with van der Waals surface area (Å²) in [4.78, 5) is 0. The third-order valence-electron chi connectivity index (χ3n) is 1.76. The van der Waals surface area contributed by atoms with E-state index in [4.69, 9.17) is 11.6 Å². The molecule has 0 aliphatic heterocycles. The largest absolute Gasteiger partial charge is 0.0840 e. The third kappa shape index (κ3) is 1.32. The number of benzene rings is 1. The fraction of sp³-hybridized carbons (Fsp3) is 0.333. The monoisotopic (exact) mass is 154 g/mol. The van der Waals surface area contributed by atoms with Crippen molar-refractivity contribution in [2.45, 2.75) is 20.3 Å². The van der Waals surface area contributed by atoms with Crippen molar-refractivity contribution in [2.24, 2.45) is 0 Å². The predicted octanol–water partition coefficient (Wildman–Crippen LogP) is 3.21. The summed E-state index contributed by atoms with van der Waals surface area (Å²) in [7, 11) is 0. The van der Waals surface area contributed by atoms with Crippen molar-refractivity contribution in [3.63, 3.8) is 0 Å². The van der Waals surface area contributed by atoms with Gasteiger partial charge in [-0.3, -0.25) is 0 Å². The van der Waals surface area contributed by atoms with Crippen LogP contribution in [0.4, 0.5) is 0 Å². The molecule has 0 heterocycles. The minimum Gasteiger partial charge on any atom is -0.0840 e. The lowest BCUT2D eigenvalue weighted by Gasteiger charge is -2.02. The Balaban J connectivity index is 3.14. The SMILES string of the molecule is CCc1cccc(Cl)c1C. The van der Waals surface area contributed by atoms with Crippen LogP contribution in [-0.2, 0) is 6.42 Å². The van der Waals surface area contributed by atoms with E-state index in [1.165, 1.54) is 11.1 Å². The van der Waals surface area contributed by atoms with Crippen molar-refractivity contribution in [2.75, 3.05) is 0 Å². The smallest absolute Gasteiger partial charge is 0.0437 e. The van der Waals surface area contributed by atoms with Gasteiger partial charge in [-0.05, 0) is 30.5 Å². The average Bonchev–Trinajstić information content (AvgIpc) is 1.95. The van der Waals surface area contributed by atoms with Crippen LogP contribution in [0.2, 0.25) is 5.02 Å². The molecule has 0 radical (unpaired) electrons. The maximum atomic E-state index is 5.89. The number of aryl methyl sites for hydroxylation is 1. The number of hydrogen-bond acceptors (Lipinski definition) is 0. The van der Waals surface area contributed by atoms with Crippen molar-refractivity contribution in [1.29, 1.82) is 0 Å². The zero-order valence-electron chi connectivity index (χ0n) is 6.32. The molecule has 1 heteroatoms. The van der Waals surface area contributed by atoms with Crippen LogP contribution in [-0.4, -0.2) is 0 Å². The standard InChI is InChI=1S/C9H11Cl/c1-3-8-5-4-6-9(10)7(8)2/h4-6H,3H2,1-2H3. The molecule has 0 amide bonds. The first kappa shape index (κ1) is 7.62. The molecule has 0 aliphatic carbocycles. The Morgan fingerprint density at radius 2 is 2.10 bits per heavy atom. The zero-order valence-corrected chi connectivity index (χ0v) is 7.07. The van der Waals surface area contributed by atoms with Crippen LogP contribution in [0.5, 0.6) is 0 Å². The highest BCUT2D eigenvalue weighted by atomic mass is 35.5. The first-order valence-electron chi connectivity index (χ1n) is 3.49. The van der Waals surface area contributed by atoms with Crippen molar-refractivity contribution < 1.29 is 0 Å². The normalized spacial score (nSPS) is 9.90. The van der Waals surface area contributed by atoms with E-state index in [2.05, 4.69) is 19.9 Å². The van der Waals surface area contributed by atoms with Gasteiger partial charge in [-0.15, -0.1) is 0 Å². The second kappa shape index (κ2) is 3.07. The fourth-order valence-electron chi connectivity index (χ4n) is 1.04. The Morgan fingerprint density at radius 3 is 2.60 bits per heavy atom. The molecule has 0 fully saturated rings. The Kier molecular flexibility index (Phi) is 2.34. The van der Waals surface area contributed by atoms with Crippen molar-refractivity contribution in [1.82, 2.24) is 0 Å². The topological polar surface area (TPSA) is 0 Å². The van der Waals surface area contributed by atoms with Gasteiger partial charge in [0.05, 0.1) is 0 Å². The molecule has 0 atom stereocenters. The van der Waals surface area contributed by atoms with Gasteiger partial charge >= 0.3 is 0 Å². The zero-order chi connectivity index (χ0) is 7.56. The van der Waals surface area contributed by atoms with Crippen LogP contribution < -0.4 is 0 Å². The highest BCUT2D eigenvalue weighted by Crippen LogP contribution is 2.18. The second-order valence-electron chi connectivity index (χ2n) is 2.38. The molecule has 10 heavy (non-hydrogen) atoms. The van der Waals surface area contributed by atoms with E-state index in [0.29, 0.717) is 0 Å². The summed E-state index contributed by atoms with van der Waals surface area (Å²) in [5.41, 5.74) is 2.55. The summed E-state index contributed by atoms with van der Waals surface area (Å²) in [5, 5.41) is 0.874. The van der Waals surface area contributed by atoms with E-state index in [0.717, 1.165) is 11.4 Å². The maximum Gasteiger partial charge on any atom is 0.0437 e. The molecule has 0 saturated heterocycles. The van der Waals surface area contributed by atoms with E-state index >= 15 is 0 Å². The summed E-state index contributed by atoms with van der Waals surface area (Å²) in [6.45, 7) is 4.19. The molecule has 0 aromatic heterocycles. The van der Waals surface area contributed by atoms with Crippen LogP contribution in [0.1, 0.15) is 18.1 Å². The summed E-state index contributed by atoms with van der Waals surface area (Å²) >= 11 is 5.89. The molecular weight excluding hydrogens is 144 g/mol. The Labute approximate surface area is 66.8 Å². The van der Waals surface area contributed by atoms with E-state index in [1.54, 1.807) is 0 Å². The van der Waals surface area contributed by atoms with Crippen LogP contribution in [0.25, 0.3) is 0 Å². The molecule has 0 aliphatic rings. The molecule has 1 aromatic carbocycles.